The van der Waals surface area contributed by atoms with E-state index in [1.54, 1.807) is 6.92 Å². The molecule has 0 saturated heterocycles. The number of aromatic nitrogens is 1. The Morgan fingerprint density at radius 3 is 2.49 bits per heavy atom. The second-order valence-corrected chi connectivity index (χ2v) is 11.8. The average molecular weight is 591 g/mol. The zero-order valence-corrected chi connectivity index (χ0v) is 24.9. The van der Waals surface area contributed by atoms with Gasteiger partial charge in [0.25, 0.3) is 0 Å². The molecule has 4 rings (SSSR count). The molecule has 1 aliphatic carbocycles. The van der Waals surface area contributed by atoms with Crippen molar-refractivity contribution in [3.05, 3.63) is 71.9 Å². The van der Waals surface area contributed by atoms with Gasteiger partial charge in [0, 0.05) is 36.5 Å². The van der Waals surface area contributed by atoms with Gasteiger partial charge in [-0.1, -0.05) is 61.9 Å². The molecule has 0 aliphatic heterocycles. The van der Waals surface area contributed by atoms with E-state index in [0.29, 0.717) is 6.42 Å². The summed E-state index contributed by atoms with van der Waals surface area (Å²) in [7, 11) is 0. The Bertz CT molecular complexity index is 1410. The molecule has 1 saturated carbocycles. The quantitative estimate of drug-likeness (QED) is 0.198. The number of H-pyrrole nitrogens is 1. The lowest BCUT2D eigenvalue weighted by Gasteiger charge is -2.34. The molecule has 0 spiro atoms. The number of amides is 3. The fourth-order valence-corrected chi connectivity index (χ4v) is 5.65. The number of carbonyl (C=O) groups is 4. The predicted octanol–water partition coefficient (Wildman–Crippen LogP) is 4.48. The number of hydrogen-bond acceptors (Lipinski definition) is 5. The summed E-state index contributed by atoms with van der Waals surface area (Å²) in [6, 6.07) is 16.8. The number of para-hydroxylation sites is 1. The second-order valence-electron chi connectivity index (χ2n) is 11.8. The van der Waals surface area contributed by atoms with Crippen molar-refractivity contribution in [3.63, 3.8) is 0 Å². The molecule has 10 nitrogen and oxygen atoms in total. The van der Waals surface area contributed by atoms with Gasteiger partial charge in [0.2, 0.25) is 11.8 Å². The molecule has 4 atom stereocenters. The number of rotatable bonds is 13. The summed E-state index contributed by atoms with van der Waals surface area (Å²) in [5.41, 5.74) is 1.35. The smallest absolute Gasteiger partial charge is 0.408 e. The van der Waals surface area contributed by atoms with E-state index in [0.717, 1.165) is 47.7 Å². The fourth-order valence-electron chi connectivity index (χ4n) is 5.65. The maximum absolute atomic E-state index is 14.1. The topological polar surface area (TPSA) is 150 Å². The highest BCUT2D eigenvalue weighted by atomic mass is 16.6. The van der Waals surface area contributed by atoms with E-state index in [1.807, 2.05) is 60.8 Å². The Balaban J connectivity index is 1.55. The van der Waals surface area contributed by atoms with E-state index < -0.39 is 35.5 Å². The molecule has 0 radical (unpaired) electrons. The Morgan fingerprint density at radius 2 is 1.74 bits per heavy atom. The summed E-state index contributed by atoms with van der Waals surface area (Å²) in [4.78, 5) is 53.8. The van der Waals surface area contributed by atoms with Crippen LogP contribution < -0.4 is 16.0 Å². The Hall–Kier alpha value is -4.34. The molecule has 3 amide bonds. The fraction of sp³-hybridized carbons (Fsp3) is 0.455. The summed E-state index contributed by atoms with van der Waals surface area (Å²) >= 11 is 0. The number of hydrogen-bond donors (Lipinski definition) is 5. The first-order valence-corrected chi connectivity index (χ1v) is 15.0. The molecule has 43 heavy (non-hydrogen) atoms. The third kappa shape index (κ3) is 9.07. The van der Waals surface area contributed by atoms with Gasteiger partial charge in [-0.15, -0.1) is 0 Å². The summed E-state index contributed by atoms with van der Waals surface area (Å²) in [5.74, 6) is -1.65. The summed E-state index contributed by atoms with van der Waals surface area (Å²) < 4.78 is 5.84. The zero-order valence-electron chi connectivity index (χ0n) is 24.9. The van der Waals surface area contributed by atoms with E-state index in [2.05, 4.69) is 27.9 Å². The van der Waals surface area contributed by atoms with Crippen molar-refractivity contribution in [2.75, 3.05) is 6.54 Å². The molecule has 1 heterocycles. The molecule has 1 fully saturated rings. The molecule has 1 aliphatic rings. The number of carboxylic acid groups (broad SMARTS) is 1. The normalized spacial score (nSPS) is 18.7. The van der Waals surface area contributed by atoms with Crippen LogP contribution in [0.5, 0.6) is 0 Å². The lowest BCUT2D eigenvalue weighted by atomic mass is 9.88. The predicted molar refractivity (Wildman–Crippen MR) is 163 cm³/mol. The van der Waals surface area contributed by atoms with Gasteiger partial charge in [-0.25, -0.2) is 4.79 Å². The van der Waals surface area contributed by atoms with Crippen LogP contribution in [0, 0.1) is 5.92 Å². The standard InChI is InChI=1S/C33H42N4O6/c1-22-10-6-9-15-28(22)43-32(42)37-33(2,19-24-20-34-27-14-8-7-13-26(24)27)31(41)36-25(18-23-11-4-3-5-12-23)21-35-29(38)16-17-30(39)40/h3-5,7-8,11-14,20,22,25,28,34H,6,9-10,15-19,21H2,1-2H3,(H,35,38)(H,36,41)(H,37,42)(H,39,40). The van der Waals surface area contributed by atoms with Crippen LogP contribution in [0.4, 0.5) is 4.79 Å². The number of aliphatic carboxylic acids is 1. The monoisotopic (exact) mass is 590 g/mol. The van der Waals surface area contributed by atoms with Gasteiger partial charge in [-0.2, -0.15) is 0 Å². The Kier molecular flexibility index (Phi) is 10.8. The van der Waals surface area contributed by atoms with Crippen molar-refractivity contribution in [3.8, 4) is 0 Å². The van der Waals surface area contributed by atoms with Gasteiger partial charge in [-0.3, -0.25) is 14.4 Å². The molecule has 1 aromatic heterocycles. The van der Waals surface area contributed by atoms with Gasteiger partial charge in [0.05, 0.1) is 12.5 Å². The van der Waals surface area contributed by atoms with Crippen molar-refractivity contribution >= 4 is 34.8 Å². The van der Waals surface area contributed by atoms with Gasteiger partial charge in [-0.05, 0) is 55.7 Å². The third-order valence-corrected chi connectivity index (χ3v) is 8.16. The van der Waals surface area contributed by atoms with Crippen molar-refractivity contribution in [2.24, 2.45) is 5.92 Å². The van der Waals surface area contributed by atoms with Gasteiger partial charge in [0.1, 0.15) is 11.6 Å². The van der Waals surface area contributed by atoms with E-state index in [4.69, 9.17) is 9.84 Å². The molecular formula is C33H42N4O6. The molecule has 230 valence electrons. The van der Waals surface area contributed by atoms with Crippen molar-refractivity contribution in [1.29, 1.82) is 0 Å². The van der Waals surface area contributed by atoms with Crippen LogP contribution in [0.2, 0.25) is 0 Å². The highest BCUT2D eigenvalue weighted by Crippen LogP contribution is 2.27. The largest absolute Gasteiger partial charge is 0.481 e. The number of nitrogens with one attached hydrogen (secondary N) is 4. The Labute approximate surface area is 252 Å². The van der Waals surface area contributed by atoms with E-state index in [9.17, 15) is 19.2 Å². The maximum Gasteiger partial charge on any atom is 0.408 e. The lowest BCUT2D eigenvalue weighted by Crippen LogP contribution is -2.61. The van der Waals surface area contributed by atoms with Crippen molar-refractivity contribution in [1.82, 2.24) is 20.9 Å². The third-order valence-electron chi connectivity index (χ3n) is 8.16. The van der Waals surface area contributed by atoms with Crippen LogP contribution in [0.3, 0.4) is 0 Å². The number of aromatic amines is 1. The number of carboxylic acids is 1. The van der Waals surface area contributed by atoms with E-state index >= 15 is 0 Å². The van der Waals surface area contributed by atoms with Crippen LogP contribution in [0.25, 0.3) is 10.9 Å². The van der Waals surface area contributed by atoms with Gasteiger partial charge < -0.3 is 30.8 Å². The average Bonchev–Trinajstić information content (AvgIpc) is 3.38. The minimum absolute atomic E-state index is 0.0896. The molecule has 4 unspecified atom stereocenters. The lowest BCUT2D eigenvalue weighted by molar-refractivity contribution is -0.138. The number of benzene rings is 2. The van der Waals surface area contributed by atoms with Crippen molar-refractivity contribution < 1.29 is 29.0 Å². The number of carbonyl (C=O) groups excluding carboxylic acids is 3. The van der Waals surface area contributed by atoms with Crippen molar-refractivity contribution in [2.45, 2.75) is 82.9 Å². The highest BCUT2D eigenvalue weighted by molar-refractivity contribution is 5.92. The van der Waals surface area contributed by atoms with E-state index in [-0.39, 0.29) is 37.8 Å². The molecular weight excluding hydrogens is 548 g/mol. The van der Waals surface area contributed by atoms with Gasteiger partial charge in [0.15, 0.2) is 0 Å². The number of fused-ring (bicyclic) bond motifs is 1. The number of alkyl carbamates (subject to hydrolysis) is 1. The summed E-state index contributed by atoms with van der Waals surface area (Å²) in [5, 5.41) is 18.6. The van der Waals surface area contributed by atoms with Crippen LogP contribution in [-0.4, -0.2) is 58.2 Å². The molecule has 0 bridgehead atoms. The van der Waals surface area contributed by atoms with Gasteiger partial charge >= 0.3 is 12.1 Å². The van der Waals surface area contributed by atoms with Crippen LogP contribution in [-0.2, 0) is 32.0 Å². The first-order chi connectivity index (χ1) is 20.6. The second kappa shape index (κ2) is 14.7. The van der Waals surface area contributed by atoms with Crippen LogP contribution in [0.1, 0.15) is 63.5 Å². The first-order valence-electron chi connectivity index (χ1n) is 15.0. The molecule has 2 aromatic carbocycles. The summed E-state index contributed by atoms with van der Waals surface area (Å²) in [6.45, 7) is 3.85. The minimum Gasteiger partial charge on any atom is -0.481 e. The minimum atomic E-state index is -1.39. The Morgan fingerprint density at radius 1 is 1.02 bits per heavy atom. The van der Waals surface area contributed by atoms with E-state index in [1.165, 1.54) is 0 Å². The maximum atomic E-state index is 14.1. The molecule has 10 heteroatoms. The summed E-state index contributed by atoms with van der Waals surface area (Å²) in [6.07, 6.45) is 5.05. The molecule has 3 aromatic rings. The number of ether oxygens (including phenoxy) is 1. The first kappa shape index (κ1) is 31.6. The highest BCUT2D eigenvalue weighted by Gasteiger charge is 2.38. The zero-order chi connectivity index (χ0) is 30.8. The SMILES string of the molecule is CC1CCCCC1OC(=O)NC(C)(Cc1c[nH]c2ccccc12)C(=O)NC(CNC(=O)CCC(=O)O)Cc1ccccc1. The van der Waals surface area contributed by atoms with Crippen LogP contribution in [0.15, 0.2) is 60.8 Å². The molecule has 5 N–H and O–H groups in total. The van der Waals surface area contributed by atoms with Crippen LogP contribution >= 0.6 is 0 Å².